The van der Waals surface area contributed by atoms with E-state index in [9.17, 15) is 13.2 Å². The number of carbonyl (C=O) groups is 1. The molecule has 1 amide bonds. The average molecular weight is 316 g/mol. The lowest BCUT2D eigenvalue weighted by Crippen LogP contribution is -2.48. The van der Waals surface area contributed by atoms with Crippen LogP contribution in [-0.2, 0) is 27.6 Å². The SMILES string of the molecule is CC1(NC(=O)Cn2cc(CCCO)nn2)CCS(=O)(=O)C1. The van der Waals surface area contributed by atoms with Crippen molar-refractivity contribution in [3.63, 3.8) is 0 Å². The summed E-state index contributed by atoms with van der Waals surface area (Å²) in [6, 6.07) is 0. The largest absolute Gasteiger partial charge is 0.396 e. The van der Waals surface area contributed by atoms with Crippen LogP contribution < -0.4 is 5.32 Å². The van der Waals surface area contributed by atoms with Crippen LogP contribution in [0.2, 0.25) is 0 Å². The van der Waals surface area contributed by atoms with Crippen LogP contribution in [0.5, 0.6) is 0 Å². The van der Waals surface area contributed by atoms with Crippen molar-refractivity contribution < 1.29 is 18.3 Å². The number of carbonyl (C=O) groups excluding carboxylic acids is 1. The van der Waals surface area contributed by atoms with Crippen molar-refractivity contribution in [2.45, 2.75) is 38.3 Å². The van der Waals surface area contributed by atoms with Gasteiger partial charge >= 0.3 is 0 Å². The number of aliphatic hydroxyl groups excluding tert-OH is 1. The van der Waals surface area contributed by atoms with E-state index in [0.717, 1.165) is 0 Å². The second-order valence-electron chi connectivity index (χ2n) is 5.69. The molecule has 0 saturated carbocycles. The van der Waals surface area contributed by atoms with Crippen molar-refractivity contribution in [1.82, 2.24) is 20.3 Å². The predicted molar refractivity (Wildman–Crippen MR) is 75.2 cm³/mol. The van der Waals surface area contributed by atoms with Crippen LogP contribution in [0.3, 0.4) is 0 Å². The predicted octanol–water partition coefficient (Wildman–Crippen LogP) is -1.10. The van der Waals surface area contributed by atoms with E-state index in [-0.39, 0.29) is 30.6 Å². The summed E-state index contributed by atoms with van der Waals surface area (Å²) in [7, 11) is -3.05. The minimum absolute atomic E-state index is 0.00175. The van der Waals surface area contributed by atoms with Gasteiger partial charge in [0.15, 0.2) is 9.84 Å². The Morgan fingerprint density at radius 3 is 2.95 bits per heavy atom. The fraction of sp³-hybridized carbons (Fsp3) is 0.750. The highest BCUT2D eigenvalue weighted by molar-refractivity contribution is 7.91. The molecule has 118 valence electrons. The molecule has 1 aromatic heterocycles. The van der Waals surface area contributed by atoms with Crippen LogP contribution in [0, 0.1) is 0 Å². The number of nitrogens with one attached hydrogen (secondary N) is 1. The highest BCUT2D eigenvalue weighted by Crippen LogP contribution is 2.22. The average Bonchev–Trinajstić information content (AvgIpc) is 2.91. The molecule has 2 rings (SSSR count). The number of nitrogens with zero attached hydrogens (tertiary/aromatic N) is 3. The smallest absolute Gasteiger partial charge is 0.242 e. The molecule has 1 unspecified atom stereocenters. The number of aliphatic hydroxyl groups is 1. The van der Waals surface area contributed by atoms with Crippen LogP contribution in [0.4, 0.5) is 0 Å². The molecule has 8 nitrogen and oxygen atoms in total. The molecule has 21 heavy (non-hydrogen) atoms. The second-order valence-corrected chi connectivity index (χ2v) is 7.87. The summed E-state index contributed by atoms with van der Waals surface area (Å²) < 4.78 is 24.4. The first-order valence-corrected chi connectivity index (χ1v) is 8.65. The first-order valence-electron chi connectivity index (χ1n) is 6.83. The normalized spacial score (nSPS) is 24.1. The molecule has 0 aliphatic carbocycles. The van der Waals surface area contributed by atoms with Gasteiger partial charge < -0.3 is 10.4 Å². The van der Waals surface area contributed by atoms with Crippen molar-refractivity contribution in [3.8, 4) is 0 Å². The van der Waals surface area contributed by atoms with Crippen molar-refractivity contribution in [3.05, 3.63) is 11.9 Å². The Balaban J connectivity index is 1.89. The molecule has 1 aliphatic heterocycles. The Morgan fingerprint density at radius 2 is 2.33 bits per heavy atom. The van der Waals surface area contributed by atoms with Crippen LogP contribution in [0.1, 0.15) is 25.5 Å². The standard InChI is InChI=1S/C12H20N4O4S/c1-12(4-6-21(19,20)9-12)13-11(18)8-16-7-10(14-15-16)3-2-5-17/h7,17H,2-6,8-9H2,1H3,(H,13,18). The van der Waals surface area contributed by atoms with E-state index in [2.05, 4.69) is 15.6 Å². The zero-order valence-electron chi connectivity index (χ0n) is 11.9. The number of amides is 1. The fourth-order valence-electron chi connectivity index (χ4n) is 2.42. The zero-order chi connectivity index (χ0) is 15.5. The van der Waals surface area contributed by atoms with Gasteiger partial charge in [0.05, 0.1) is 22.7 Å². The lowest BCUT2D eigenvalue weighted by molar-refractivity contribution is -0.123. The topological polar surface area (TPSA) is 114 Å². The molecule has 1 saturated heterocycles. The molecule has 0 spiro atoms. The molecule has 2 heterocycles. The lowest BCUT2D eigenvalue weighted by atomic mass is 10.0. The quantitative estimate of drug-likeness (QED) is 0.688. The Hall–Kier alpha value is -1.48. The van der Waals surface area contributed by atoms with E-state index >= 15 is 0 Å². The molecule has 1 atom stereocenters. The maximum atomic E-state index is 12.0. The molecule has 0 aromatic carbocycles. The van der Waals surface area contributed by atoms with Gasteiger partial charge in [-0.15, -0.1) is 5.10 Å². The molecule has 0 radical (unpaired) electrons. The first-order chi connectivity index (χ1) is 9.82. The summed E-state index contributed by atoms with van der Waals surface area (Å²) in [6.45, 7) is 1.82. The summed E-state index contributed by atoms with van der Waals surface area (Å²) >= 11 is 0. The van der Waals surface area contributed by atoms with Crippen LogP contribution in [0.15, 0.2) is 6.20 Å². The minimum Gasteiger partial charge on any atom is -0.396 e. The number of aromatic nitrogens is 3. The van der Waals surface area contributed by atoms with Gasteiger partial charge in [0.25, 0.3) is 0 Å². The van der Waals surface area contributed by atoms with Crippen molar-refractivity contribution >= 4 is 15.7 Å². The van der Waals surface area contributed by atoms with Crippen molar-refractivity contribution in [2.75, 3.05) is 18.1 Å². The van der Waals surface area contributed by atoms with E-state index in [1.54, 1.807) is 13.1 Å². The molecular formula is C12H20N4O4S. The Morgan fingerprint density at radius 1 is 1.57 bits per heavy atom. The van der Waals surface area contributed by atoms with Crippen LogP contribution in [-0.4, -0.2) is 58.1 Å². The van der Waals surface area contributed by atoms with E-state index in [0.29, 0.717) is 25.0 Å². The number of sulfone groups is 1. The molecule has 1 fully saturated rings. The van der Waals surface area contributed by atoms with Gasteiger partial charge in [-0.3, -0.25) is 4.79 Å². The van der Waals surface area contributed by atoms with Crippen LogP contribution >= 0.6 is 0 Å². The maximum Gasteiger partial charge on any atom is 0.242 e. The van der Waals surface area contributed by atoms with E-state index in [1.807, 2.05) is 0 Å². The molecule has 1 aromatic rings. The third-order valence-electron chi connectivity index (χ3n) is 3.43. The van der Waals surface area contributed by atoms with Crippen molar-refractivity contribution in [1.29, 1.82) is 0 Å². The molecule has 1 aliphatic rings. The Kier molecular flexibility index (Phi) is 4.62. The van der Waals surface area contributed by atoms with E-state index in [1.165, 1.54) is 4.68 Å². The molecule has 0 bridgehead atoms. The second kappa shape index (κ2) is 6.10. The highest BCUT2D eigenvalue weighted by atomic mass is 32.2. The number of rotatable bonds is 6. The summed E-state index contributed by atoms with van der Waals surface area (Å²) in [4.78, 5) is 12.0. The monoisotopic (exact) mass is 316 g/mol. The van der Waals surface area contributed by atoms with Gasteiger partial charge in [-0.1, -0.05) is 5.21 Å². The van der Waals surface area contributed by atoms with Gasteiger partial charge in [0.1, 0.15) is 6.54 Å². The number of hydrogen-bond donors (Lipinski definition) is 2. The minimum atomic E-state index is -3.05. The number of aryl methyl sites for hydroxylation is 1. The van der Waals surface area contributed by atoms with Crippen molar-refractivity contribution in [2.24, 2.45) is 0 Å². The van der Waals surface area contributed by atoms with Gasteiger partial charge in [-0.05, 0) is 26.2 Å². The molecular weight excluding hydrogens is 296 g/mol. The Labute approximate surface area is 123 Å². The summed E-state index contributed by atoms with van der Waals surface area (Å²) in [6.07, 6.45) is 3.29. The first kappa shape index (κ1) is 15.9. The third-order valence-corrected chi connectivity index (χ3v) is 5.33. The fourth-order valence-corrected chi connectivity index (χ4v) is 4.52. The maximum absolute atomic E-state index is 12.0. The van der Waals surface area contributed by atoms with Gasteiger partial charge in [0.2, 0.25) is 5.91 Å². The van der Waals surface area contributed by atoms with E-state index < -0.39 is 15.4 Å². The van der Waals surface area contributed by atoms with Crippen LogP contribution in [0.25, 0.3) is 0 Å². The summed E-state index contributed by atoms with van der Waals surface area (Å²) in [5.41, 5.74) is 0.0162. The molecule has 9 heteroatoms. The summed E-state index contributed by atoms with van der Waals surface area (Å²) in [5, 5.41) is 19.3. The van der Waals surface area contributed by atoms with Gasteiger partial charge in [0, 0.05) is 12.8 Å². The highest BCUT2D eigenvalue weighted by Gasteiger charge is 2.39. The number of hydrogen-bond acceptors (Lipinski definition) is 6. The third kappa shape index (κ3) is 4.50. The van der Waals surface area contributed by atoms with Gasteiger partial charge in [-0.2, -0.15) is 0 Å². The lowest BCUT2D eigenvalue weighted by Gasteiger charge is -2.23. The summed E-state index contributed by atoms with van der Waals surface area (Å²) in [5.74, 6) is -0.197. The Bertz CT molecular complexity index is 613. The molecule has 2 N–H and O–H groups in total. The van der Waals surface area contributed by atoms with E-state index in [4.69, 9.17) is 5.11 Å². The van der Waals surface area contributed by atoms with Gasteiger partial charge in [-0.25, -0.2) is 13.1 Å². The zero-order valence-corrected chi connectivity index (χ0v) is 12.8.